The van der Waals surface area contributed by atoms with Crippen LogP contribution in [0.4, 0.5) is 0 Å². The summed E-state index contributed by atoms with van der Waals surface area (Å²) in [4.78, 5) is 29.6. The van der Waals surface area contributed by atoms with E-state index in [1.807, 2.05) is 26.8 Å². The zero-order valence-electron chi connectivity index (χ0n) is 13.1. The number of thiophene rings is 1. The first-order chi connectivity index (χ1) is 10.3. The fourth-order valence-electron chi connectivity index (χ4n) is 2.07. The molecule has 0 spiro atoms. The van der Waals surface area contributed by atoms with Gasteiger partial charge in [-0.25, -0.2) is 4.79 Å². The van der Waals surface area contributed by atoms with Crippen LogP contribution in [0.15, 0.2) is 10.9 Å². The Bertz CT molecular complexity index is 801. The number of hydrogen-bond acceptors (Lipinski definition) is 5. The van der Waals surface area contributed by atoms with E-state index in [2.05, 4.69) is 4.98 Å². The lowest BCUT2D eigenvalue weighted by Crippen LogP contribution is -2.31. The molecule has 7 heteroatoms. The lowest BCUT2D eigenvalue weighted by Gasteiger charge is -2.15. The fourth-order valence-corrected chi connectivity index (χ4v) is 3.47. The molecular weight excluding hydrogens is 320 g/mol. The summed E-state index contributed by atoms with van der Waals surface area (Å²) in [6, 6.07) is 1.11. The van der Waals surface area contributed by atoms with Crippen LogP contribution in [0, 0.1) is 10.7 Å². The molecule has 1 atom stereocenters. The van der Waals surface area contributed by atoms with Gasteiger partial charge in [0.25, 0.3) is 5.56 Å². The number of rotatable bonds is 5. The number of H-pyrrole nitrogens is 1. The molecule has 22 heavy (non-hydrogen) atoms. The second-order valence-corrected chi connectivity index (χ2v) is 7.14. The molecule has 2 aromatic rings. The molecular formula is C15H20N2O3S2. The van der Waals surface area contributed by atoms with E-state index < -0.39 is 12.0 Å². The Balaban J connectivity index is 2.44. The summed E-state index contributed by atoms with van der Waals surface area (Å²) in [5.74, 6) is -0.200. The Morgan fingerprint density at radius 1 is 1.45 bits per heavy atom. The molecule has 2 heterocycles. The third kappa shape index (κ3) is 3.30. The highest BCUT2D eigenvalue weighted by molar-refractivity contribution is 7.71. The normalized spacial score (nSPS) is 12.8. The van der Waals surface area contributed by atoms with E-state index in [1.165, 1.54) is 15.9 Å². The number of carbonyl (C=O) groups is 1. The molecule has 0 aliphatic rings. The molecule has 2 aromatic heterocycles. The van der Waals surface area contributed by atoms with Crippen LogP contribution in [-0.2, 0) is 16.0 Å². The van der Waals surface area contributed by atoms with Gasteiger partial charge in [-0.1, -0.05) is 20.8 Å². The first-order valence-electron chi connectivity index (χ1n) is 7.29. The summed E-state index contributed by atoms with van der Waals surface area (Å²) in [7, 11) is 0. The zero-order chi connectivity index (χ0) is 16.4. The molecule has 2 rings (SSSR count). The first-order valence-corrected chi connectivity index (χ1v) is 8.51. The highest BCUT2D eigenvalue weighted by atomic mass is 32.1. The van der Waals surface area contributed by atoms with Crippen LogP contribution in [0.3, 0.4) is 0 Å². The quantitative estimate of drug-likeness (QED) is 0.669. The summed E-state index contributed by atoms with van der Waals surface area (Å²) < 4.78 is 6.76. The molecule has 120 valence electrons. The molecule has 1 unspecified atom stereocenters. The van der Waals surface area contributed by atoms with E-state index in [9.17, 15) is 9.59 Å². The lowest BCUT2D eigenvalue weighted by molar-refractivity contribution is -0.148. The number of aryl methyl sites for hydroxylation is 1. The van der Waals surface area contributed by atoms with Crippen LogP contribution >= 0.6 is 23.6 Å². The van der Waals surface area contributed by atoms with Gasteiger partial charge in [-0.05, 0) is 37.5 Å². The SMILES string of the molecule is CCc1cc2c(=O)n(C(C)C(=O)OCC(C)C)c(=S)[nH]c2s1. The Kier molecular flexibility index (Phi) is 5.18. The zero-order valence-corrected chi connectivity index (χ0v) is 14.8. The molecule has 5 nitrogen and oxygen atoms in total. The monoisotopic (exact) mass is 340 g/mol. The van der Waals surface area contributed by atoms with E-state index >= 15 is 0 Å². The first kappa shape index (κ1) is 16.9. The number of esters is 1. The summed E-state index contributed by atoms with van der Waals surface area (Å²) >= 11 is 6.77. The van der Waals surface area contributed by atoms with Gasteiger partial charge in [0.2, 0.25) is 0 Å². The van der Waals surface area contributed by atoms with Gasteiger partial charge in [0.1, 0.15) is 10.9 Å². The largest absolute Gasteiger partial charge is 0.464 e. The molecule has 0 amide bonds. The van der Waals surface area contributed by atoms with E-state index in [0.717, 1.165) is 16.1 Å². The van der Waals surface area contributed by atoms with Crippen molar-refractivity contribution in [1.29, 1.82) is 0 Å². The van der Waals surface area contributed by atoms with E-state index in [4.69, 9.17) is 17.0 Å². The van der Waals surface area contributed by atoms with Gasteiger partial charge < -0.3 is 9.72 Å². The summed E-state index contributed by atoms with van der Waals surface area (Å²) in [5, 5.41) is 0.568. The molecule has 0 aromatic carbocycles. The van der Waals surface area contributed by atoms with Crippen LogP contribution in [0.1, 0.15) is 38.6 Å². The number of ether oxygens (including phenoxy) is 1. The predicted molar refractivity (Wildman–Crippen MR) is 91.2 cm³/mol. The molecule has 0 aliphatic heterocycles. The van der Waals surface area contributed by atoms with Crippen molar-refractivity contribution in [2.45, 2.75) is 40.2 Å². The molecule has 0 fully saturated rings. The Morgan fingerprint density at radius 2 is 2.14 bits per heavy atom. The van der Waals surface area contributed by atoms with E-state index in [0.29, 0.717) is 12.0 Å². The molecule has 0 bridgehead atoms. The van der Waals surface area contributed by atoms with Crippen molar-refractivity contribution in [3.8, 4) is 0 Å². The third-order valence-corrected chi connectivity index (χ3v) is 4.80. The van der Waals surface area contributed by atoms with Gasteiger partial charge in [0, 0.05) is 4.88 Å². The maximum Gasteiger partial charge on any atom is 0.329 e. The highest BCUT2D eigenvalue weighted by Crippen LogP contribution is 2.22. The van der Waals surface area contributed by atoms with Crippen LogP contribution < -0.4 is 5.56 Å². The van der Waals surface area contributed by atoms with Gasteiger partial charge in [0.05, 0.1) is 12.0 Å². The maximum absolute atomic E-state index is 12.6. The van der Waals surface area contributed by atoms with Crippen molar-refractivity contribution in [2.24, 2.45) is 5.92 Å². The van der Waals surface area contributed by atoms with Gasteiger partial charge in [0.15, 0.2) is 4.77 Å². The number of nitrogens with zero attached hydrogens (tertiary/aromatic N) is 1. The number of fused-ring (bicyclic) bond motifs is 1. The number of aromatic amines is 1. The second-order valence-electron chi connectivity index (χ2n) is 5.61. The van der Waals surface area contributed by atoms with Crippen LogP contribution in [-0.4, -0.2) is 22.1 Å². The number of nitrogens with one attached hydrogen (secondary N) is 1. The maximum atomic E-state index is 12.6. The molecule has 0 aliphatic carbocycles. The minimum absolute atomic E-state index is 0.244. The number of carbonyl (C=O) groups excluding carboxylic acids is 1. The third-order valence-electron chi connectivity index (χ3n) is 3.31. The summed E-state index contributed by atoms with van der Waals surface area (Å²) in [5.41, 5.74) is -0.247. The minimum Gasteiger partial charge on any atom is -0.464 e. The number of hydrogen-bond donors (Lipinski definition) is 1. The van der Waals surface area contributed by atoms with Crippen LogP contribution in [0.25, 0.3) is 10.2 Å². The fraction of sp³-hybridized carbons (Fsp3) is 0.533. The van der Waals surface area contributed by atoms with Crippen molar-refractivity contribution < 1.29 is 9.53 Å². The smallest absolute Gasteiger partial charge is 0.329 e. The molecule has 0 saturated carbocycles. The topological polar surface area (TPSA) is 64.1 Å². The number of aromatic nitrogens is 2. The Labute approximate surface area is 137 Å². The molecule has 0 saturated heterocycles. The van der Waals surface area contributed by atoms with E-state index in [1.54, 1.807) is 6.92 Å². The molecule has 1 N–H and O–H groups in total. The Hall–Kier alpha value is -1.47. The van der Waals surface area contributed by atoms with Crippen molar-refractivity contribution in [1.82, 2.24) is 9.55 Å². The van der Waals surface area contributed by atoms with Crippen LogP contribution in [0.2, 0.25) is 0 Å². The van der Waals surface area contributed by atoms with Crippen molar-refractivity contribution >= 4 is 39.7 Å². The standard InChI is InChI=1S/C15H20N2O3S2/c1-5-10-6-11-12(22-10)16-15(21)17(13(11)18)9(4)14(19)20-7-8(2)3/h6,8-9H,5,7H2,1-4H3,(H,16,21). The van der Waals surface area contributed by atoms with Crippen molar-refractivity contribution in [3.63, 3.8) is 0 Å². The molecule has 0 radical (unpaired) electrons. The van der Waals surface area contributed by atoms with E-state index in [-0.39, 0.29) is 16.2 Å². The lowest BCUT2D eigenvalue weighted by atomic mass is 10.2. The summed E-state index contributed by atoms with van der Waals surface area (Å²) in [6.07, 6.45) is 0.853. The average molecular weight is 340 g/mol. The summed E-state index contributed by atoms with van der Waals surface area (Å²) in [6.45, 7) is 7.91. The van der Waals surface area contributed by atoms with Gasteiger partial charge in [-0.15, -0.1) is 11.3 Å². The minimum atomic E-state index is -0.746. The van der Waals surface area contributed by atoms with Crippen molar-refractivity contribution in [3.05, 3.63) is 26.1 Å². The van der Waals surface area contributed by atoms with Gasteiger partial charge in [-0.2, -0.15) is 0 Å². The highest BCUT2D eigenvalue weighted by Gasteiger charge is 2.21. The predicted octanol–water partition coefficient (Wildman–Crippen LogP) is 3.44. The van der Waals surface area contributed by atoms with Crippen molar-refractivity contribution in [2.75, 3.05) is 6.61 Å². The van der Waals surface area contributed by atoms with Gasteiger partial charge in [-0.3, -0.25) is 9.36 Å². The second kappa shape index (κ2) is 6.75. The van der Waals surface area contributed by atoms with Gasteiger partial charge >= 0.3 is 5.97 Å². The Morgan fingerprint density at radius 3 is 2.73 bits per heavy atom. The van der Waals surface area contributed by atoms with Crippen LogP contribution in [0.5, 0.6) is 0 Å². The average Bonchev–Trinajstić information content (AvgIpc) is 2.87.